The van der Waals surface area contributed by atoms with Crippen LogP contribution in [0.2, 0.25) is 0 Å². The fraction of sp³-hybridized carbons (Fsp3) is 0.227. The largest absolute Gasteiger partial charge is 0.497 e. The molecule has 0 aliphatic carbocycles. The highest BCUT2D eigenvalue weighted by Gasteiger charge is 2.11. The maximum Gasteiger partial charge on any atom is 0.274 e. The number of aromatic nitrogens is 2. The lowest BCUT2D eigenvalue weighted by molar-refractivity contribution is 0.102. The third kappa shape index (κ3) is 5.68. The van der Waals surface area contributed by atoms with Crippen LogP contribution in [0.4, 0.5) is 11.6 Å². The number of amides is 1. The number of carbonyl (C=O) groups is 1. The molecule has 29 heavy (non-hydrogen) atoms. The van der Waals surface area contributed by atoms with Gasteiger partial charge in [-0.3, -0.25) is 4.79 Å². The second-order valence-corrected chi connectivity index (χ2v) is 6.49. The van der Waals surface area contributed by atoms with Crippen molar-refractivity contribution in [3.05, 3.63) is 71.5 Å². The van der Waals surface area contributed by atoms with Crippen molar-refractivity contribution in [3.8, 4) is 11.5 Å². The summed E-state index contributed by atoms with van der Waals surface area (Å²) < 4.78 is 10.8. The number of nitrogens with one attached hydrogen (secondary N) is 2. The number of ether oxygens (including phenoxy) is 2. The molecule has 0 radical (unpaired) electrons. The molecule has 7 nitrogen and oxygen atoms in total. The van der Waals surface area contributed by atoms with Crippen LogP contribution in [0.3, 0.4) is 0 Å². The van der Waals surface area contributed by atoms with E-state index in [4.69, 9.17) is 9.47 Å². The number of benzene rings is 2. The van der Waals surface area contributed by atoms with Crippen molar-refractivity contribution in [2.45, 2.75) is 13.8 Å². The van der Waals surface area contributed by atoms with Gasteiger partial charge >= 0.3 is 0 Å². The molecule has 1 amide bonds. The fourth-order valence-electron chi connectivity index (χ4n) is 2.63. The van der Waals surface area contributed by atoms with E-state index in [0.717, 1.165) is 28.3 Å². The molecular formula is C22H24N4O3. The van der Waals surface area contributed by atoms with Gasteiger partial charge in [0, 0.05) is 11.9 Å². The maximum atomic E-state index is 12.5. The first-order valence-electron chi connectivity index (χ1n) is 9.27. The Bertz CT molecular complexity index is 974. The Balaban J connectivity index is 1.53. The molecular weight excluding hydrogens is 368 g/mol. The molecule has 2 aromatic carbocycles. The quantitative estimate of drug-likeness (QED) is 0.567. The lowest BCUT2D eigenvalue weighted by Gasteiger charge is -2.10. The van der Waals surface area contributed by atoms with E-state index in [1.165, 1.54) is 0 Å². The molecule has 1 aromatic heterocycles. The van der Waals surface area contributed by atoms with Crippen molar-refractivity contribution in [2.24, 2.45) is 0 Å². The van der Waals surface area contributed by atoms with Gasteiger partial charge in [0.05, 0.1) is 13.7 Å². The highest BCUT2D eigenvalue weighted by molar-refractivity contribution is 6.03. The summed E-state index contributed by atoms with van der Waals surface area (Å²) in [7, 11) is 1.62. The molecule has 0 atom stereocenters. The van der Waals surface area contributed by atoms with E-state index in [1.54, 1.807) is 19.4 Å². The van der Waals surface area contributed by atoms with E-state index in [-0.39, 0.29) is 5.91 Å². The number of hydrogen-bond acceptors (Lipinski definition) is 6. The van der Waals surface area contributed by atoms with Gasteiger partial charge in [-0.25, -0.2) is 9.97 Å². The first kappa shape index (κ1) is 20.1. The molecule has 0 bridgehead atoms. The summed E-state index contributed by atoms with van der Waals surface area (Å²) in [5, 5.41) is 5.97. The first-order chi connectivity index (χ1) is 14.0. The topological polar surface area (TPSA) is 85.4 Å². The second kappa shape index (κ2) is 9.54. The molecule has 0 saturated carbocycles. The summed E-state index contributed by atoms with van der Waals surface area (Å²) in [5.41, 5.74) is 3.13. The summed E-state index contributed by atoms with van der Waals surface area (Å²) >= 11 is 0. The summed E-state index contributed by atoms with van der Waals surface area (Å²) in [4.78, 5) is 21.0. The minimum atomic E-state index is -0.279. The molecule has 0 aliphatic rings. The van der Waals surface area contributed by atoms with Crippen LogP contribution in [0.1, 0.15) is 21.6 Å². The van der Waals surface area contributed by atoms with E-state index < -0.39 is 0 Å². The number of aryl methyl sites for hydroxylation is 2. The van der Waals surface area contributed by atoms with E-state index >= 15 is 0 Å². The molecule has 0 aliphatic heterocycles. The van der Waals surface area contributed by atoms with Gasteiger partial charge in [-0.2, -0.15) is 0 Å². The predicted octanol–water partition coefficient (Wildman–Crippen LogP) is 3.85. The molecule has 7 heteroatoms. The average Bonchev–Trinajstić information content (AvgIpc) is 2.74. The zero-order chi connectivity index (χ0) is 20.6. The van der Waals surface area contributed by atoms with Crippen LogP contribution in [0, 0.1) is 13.8 Å². The lowest BCUT2D eigenvalue weighted by atomic mass is 10.1. The van der Waals surface area contributed by atoms with Crippen molar-refractivity contribution in [2.75, 3.05) is 30.9 Å². The van der Waals surface area contributed by atoms with Crippen molar-refractivity contribution in [3.63, 3.8) is 0 Å². The summed E-state index contributed by atoms with van der Waals surface area (Å²) in [6, 6.07) is 14.9. The van der Waals surface area contributed by atoms with E-state index in [0.29, 0.717) is 24.8 Å². The van der Waals surface area contributed by atoms with Gasteiger partial charge in [0.25, 0.3) is 5.91 Å². The van der Waals surface area contributed by atoms with Gasteiger partial charge in [0.15, 0.2) is 0 Å². The summed E-state index contributed by atoms with van der Waals surface area (Å²) in [6.45, 7) is 4.85. The molecule has 0 spiro atoms. The Morgan fingerprint density at radius 1 is 1.03 bits per heavy atom. The number of carbonyl (C=O) groups excluding carboxylic acids is 1. The van der Waals surface area contributed by atoms with Gasteiger partial charge in [-0.1, -0.05) is 12.1 Å². The van der Waals surface area contributed by atoms with Gasteiger partial charge in [0.1, 0.15) is 23.8 Å². The van der Waals surface area contributed by atoms with E-state index in [9.17, 15) is 4.79 Å². The fourth-order valence-corrected chi connectivity index (χ4v) is 2.63. The second-order valence-electron chi connectivity index (χ2n) is 6.49. The Morgan fingerprint density at radius 3 is 2.55 bits per heavy atom. The van der Waals surface area contributed by atoms with Crippen molar-refractivity contribution >= 4 is 17.5 Å². The minimum absolute atomic E-state index is 0.279. The molecule has 3 aromatic rings. The van der Waals surface area contributed by atoms with E-state index in [2.05, 4.69) is 20.6 Å². The van der Waals surface area contributed by atoms with Crippen LogP contribution < -0.4 is 20.1 Å². The molecule has 150 valence electrons. The molecule has 3 rings (SSSR count). The van der Waals surface area contributed by atoms with E-state index in [1.807, 2.05) is 56.3 Å². The van der Waals surface area contributed by atoms with Crippen LogP contribution in [-0.2, 0) is 0 Å². The summed E-state index contributed by atoms with van der Waals surface area (Å²) in [6.07, 6.45) is 1.55. The van der Waals surface area contributed by atoms with Gasteiger partial charge < -0.3 is 20.1 Å². The Hall–Kier alpha value is -3.61. The standard InChI is InChI=1S/C22H24N4O3/c1-15-4-5-16(2)20(14-15)25-21(27)19-10-11-23-22(26-19)24-12-13-29-18-8-6-17(28-3)7-9-18/h4-11,14H,12-13H2,1-3H3,(H,25,27)(H,23,24,26). The minimum Gasteiger partial charge on any atom is -0.497 e. The third-order valence-corrected chi connectivity index (χ3v) is 4.24. The molecule has 0 saturated heterocycles. The van der Waals surface area contributed by atoms with Crippen molar-refractivity contribution in [1.29, 1.82) is 0 Å². The third-order valence-electron chi connectivity index (χ3n) is 4.24. The van der Waals surface area contributed by atoms with Crippen molar-refractivity contribution in [1.82, 2.24) is 9.97 Å². The Morgan fingerprint density at radius 2 is 1.79 bits per heavy atom. The smallest absolute Gasteiger partial charge is 0.274 e. The first-order valence-corrected chi connectivity index (χ1v) is 9.27. The Labute approximate surface area is 170 Å². The SMILES string of the molecule is COc1ccc(OCCNc2nccc(C(=O)Nc3cc(C)ccc3C)n2)cc1. The number of anilines is 2. The summed E-state index contributed by atoms with van der Waals surface area (Å²) in [5.74, 6) is 1.62. The van der Waals surface area contributed by atoms with Crippen LogP contribution in [0.15, 0.2) is 54.7 Å². The highest BCUT2D eigenvalue weighted by Crippen LogP contribution is 2.18. The zero-order valence-corrected chi connectivity index (χ0v) is 16.7. The average molecular weight is 392 g/mol. The van der Waals surface area contributed by atoms with Gasteiger partial charge in [-0.05, 0) is 61.4 Å². The van der Waals surface area contributed by atoms with Crippen LogP contribution >= 0.6 is 0 Å². The maximum absolute atomic E-state index is 12.5. The van der Waals surface area contributed by atoms with Crippen LogP contribution in [0.5, 0.6) is 11.5 Å². The highest BCUT2D eigenvalue weighted by atomic mass is 16.5. The number of nitrogens with zero attached hydrogens (tertiary/aromatic N) is 2. The molecule has 1 heterocycles. The van der Waals surface area contributed by atoms with Crippen molar-refractivity contribution < 1.29 is 14.3 Å². The van der Waals surface area contributed by atoms with Crippen LogP contribution in [-0.4, -0.2) is 36.1 Å². The number of methoxy groups -OCH3 is 1. The predicted molar refractivity (Wildman–Crippen MR) is 113 cm³/mol. The van der Waals surface area contributed by atoms with Gasteiger partial charge in [-0.15, -0.1) is 0 Å². The molecule has 0 unspecified atom stereocenters. The monoisotopic (exact) mass is 392 g/mol. The van der Waals surface area contributed by atoms with Crippen LogP contribution in [0.25, 0.3) is 0 Å². The number of hydrogen-bond donors (Lipinski definition) is 2. The van der Waals surface area contributed by atoms with Gasteiger partial charge in [0.2, 0.25) is 5.95 Å². The molecule has 0 fully saturated rings. The number of rotatable bonds is 8. The Kier molecular flexibility index (Phi) is 6.63. The molecule has 2 N–H and O–H groups in total. The normalized spacial score (nSPS) is 10.3. The lowest BCUT2D eigenvalue weighted by Crippen LogP contribution is -2.17. The zero-order valence-electron chi connectivity index (χ0n) is 16.7.